The third-order valence-corrected chi connectivity index (χ3v) is 4.07. The number of rotatable bonds is 10. The third-order valence-electron chi connectivity index (χ3n) is 4.07. The molecule has 27 heavy (non-hydrogen) atoms. The predicted octanol–water partition coefficient (Wildman–Crippen LogP) is 2.78. The standard InChI is InChI=1S/C19H29FN4O2.HI/c1-2-21-19(22-11-4-14-24-13-3-6-18(24)25)23-12-5-15-26-17-9-7-16(20)8-10-17;/h7-10H,2-6,11-15H2,1H3,(H2,21,22,23);1H. The number of likely N-dealkylation sites (tertiary alicyclic amines) is 1. The maximum atomic E-state index is 12.8. The fourth-order valence-corrected chi connectivity index (χ4v) is 2.74. The summed E-state index contributed by atoms with van der Waals surface area (Å²) in [7, 11) is 0. The van der Waals surface area contributed by atoms with Gasteiger partial charge in [-0.25, -0.2) is 4.39 Å². The van der Waals surface area contributed by atoms with Crippen molar-refractivity contribution in [1.82, 2.24) is 15.5 Å². The van der Waals surface area contributed by atoms with Crippen LogP contribution in [0.2, 0.25) is 0 Å². The first kappa shape index (κ1) is 23.5. The van der Waals surface area contributed by atoms with Crippen molar-refractivity contribution in [3.05, 3.63) is 30.1 Å². The van der Waals surface area contributed by atoms with Crippen molar-refractivity contribution in [3.8, 4) is 5.75 Å². The van der Waals surface area contributed by atoms with Crippen molar-refractivity contribution in [3.63, 3.8) is 0 Å². The normalized spacial score (nSPS) is 14.1. The van der Waals surface area contributed by atoms with Gasteiger partial charge in [-0.2, -0.15) is 0 Å². The molecular weight excluding hydrogens is 462 g/mol. The van der Waals surface area contributed by atoms with E-state index in [1.54, 1.807) is 12.1 Å². The van der Waals surface area contributed by atoms with Crippen molar-refractivity contribution in [2.75, 3.05) is 39.3 Å². The van der Waals surface area contributed by atoms with Crippen LogP contribution < -0.4 is 15.4 Å². The molecule has 6 nitrogen and oxygen atoms in total. The minimum absolute atomic E-state index is 0. The van der Waals surface area contributed by atoms with E-state index in [9.17, 15) is 9.18 Å². The number of aliphatic imine (C=N–C) groups is 1. The number of benzene rings is 1. The summed E-state index contributed by atoms with van der Waals surface area (Å²) in [5.74, 6) is 1.45. The van der Waals surface area contributed by atoms with Gasteiger partial charge in [0, 0.05) is 45.6 Å². The SMILES string of the molecule is CCNC(=NCCCOc1ccc(F)cc1)NCCCN1CCCC1=O.I. The molecule has 0 unspecified atom stereocenters. The summed E-state index contributed by atoms with van der Waals surface area (Å²) < 4.78 is 18.4. The lowest BCUT2D eigenvalue weighted by Gasteiger charge is -2.16. The molecule has 2 N–H and O–H groups in total. The highest BCUT2D eigenvalue weighted by Crippen LogP contribution is 2.11. The second kappa shape index (κ2) is 13.6. The summed E-state index contributed by atoms with van der Waals surface area (Å²) in [4.78, 5) is 18.0. The highest BCUT2D eigenvalue weighted by Gasteiger charge is 2.18. The lowest BCUT2D eigenvalue weighted by atomic mass is 10.3. The molecule has 2 rings (SSSR count). The van der Waals surface area contributed by atoms with Crippen LogP contribution in [0.3, 0.4) is 0 Å². The van der Waals surface area contributed by atoms with Crippen LogP contribution >= 0.6 is 24.0 Å². The van der Waals surface area contributed by atoms with Crippen LogP contribution in [0.5, 0.6) is 5.75 Å². The van der Waals surface area contributed by atoms with Crippen molar-refractivity contribution in [2.24, 2.45) is 4.99 Å². The Labute approximate surface area is 178 Å². The molecule has 1 aromatic rings. The molecule has 1 aliphatic rings. The molecule has 0 atom stereocenters. The number of hydrogen-bond acceptors (Lipinski definition) is 3. The number of carbonyl (C=O) groups is 1. The Morgan fingerprint density at radius 2 is 2.04 bits per heavy atom. The number of amides is 1. The molecule has 0 aromatic heterocycles. The molecule has 0 spiro atoms. The smallest absolute Gasteiger partial charge is 0.222 e. The van der Waals surface area contributed by atoms with E-state index in [2.05, 4.69) is 15.6 Å². The Morgan fingerprint density at radius 3 is 2.70 bits per heavy atom. The topological polar surface area (TPSA) is 66.0 Å². The van der Waals surface area contributed by atoms with Gasteiger partial charge in [0.05, 0.1) is 6.61 Å². The minimum atomic E-state index is -0.266. The third kappa shape index (κ3) is 9.25. The van der Waals surface area contributed by atoms with Gasteiger partial charge in [-0.15, -0.1) is 24.0 Å². The highest BCUT2D eigenvalue weighted by molar-refractivity contribution is 14.0. The Kier molecular flexibility index (Phi) is 11.8. The number of nitrogens with zero attached hydrogens (tertiary/aromatic N) is 2. The molecule has 1 heterocycles. The molecule has 0 radical (unpaired) electrons. The van der Waals surface area contributed by atoms with E-state index in [1.165, 1.54) is 12.1 Å². The van der Waals surface area contributed by atoms with Crippen molar-refractivity contribution in [1.29, 1.82) is 0 Å². The van der Waals surface area contributed by atoms with Gasteiger partial charge in [-0.1, -0.05) is 0 Å². The van der Waals surface area contributed by atoms with E-state index in [0.29, 0.717) is 25.3 Å². The van der Waals surface area contributed by atoms with Gasteiger partial charge in [-0.3, -0.25) is 9.79 Å². The van der Waals surface area contributed by atoms with Crippen LogP contribution in [0.1, 0.15) is 32.6 Å². The first-order valence-electron chi connectivity index (χ1n) is 9.37. The van der Waals surface area contributed by atoms with Gasteiger partial charge in [0.25, 0.3) is 0 Å². The van der Waals surface area contributed by atoms with Gasteiger partial charge in [0.15, 0.2) is 5.96 Å². The highest BCUT2D eigenvalue weighted by atomic mass is 127. The van der Waals surface area contributed by atoms with E-state index >= 15 is 0 Å². The zero-order chi connectivity index (χ0) is 18.6. The first-order valence-corrected chi connectivity index (χ1v) is 9.37. The second-order valence-corrected chi connectivity index (χ2v) is 6.18. The maximum Gasteiger partial charge on any atom is 0.222 e. The van der Waals surface area contributed by atoms with Crippen LogP contribution in [-0.4, -0.2) is 56.1 Å². The molecule has 0 aliphatic carbocycles. The lowest BCUT2D eigenvalue weighted by Crippen LogP contribution is -2.39. The summed E-state index contributed by atoms with van der Waals surface area (Å²) >= 11 is 0. The van der Waals surface area contributed by atoms with Crippen LogP contribution in [-0.2, 0) is 4.79 Å². The number of guanidine groups is 1. The largest absolute Gasteiger partial charge is 0.494 e. The quantitative estimate of drug-likeness (QED) is 0.228. The molecule has 0 saturated carbocycles. The summed E-state index contributed by atoms with van der Waals surface area (Å²) in [6.07, 6.45) is 3.36. The molecule has 1 amide bonds. The van der Waals surface area contributed by atoms with Crippen LogP contribution in [0.15, 0.2) is 29.3 Å². The number of ether oxygens (including phenoxy) is 1. The molecule has 1 aromatic carbocycles. The fraction of sp³-hybridized carbons (Fsp3) is 0.579. The average Bonchev–Trinajstić information content (AvgIpc) is 3.05. The number of carbonyl (C=O) groups excluding carboxylic acids is 1. The monoisotopic (exact) mass is 492 g/mol. The maximum absolute atomic E-state index is 12.8. The molecular formula is C19H30FIN4O2. The Hall–Kier alpha value is -1.58. The Bertz CT molecular complexity index is 584. The van der Waals surface area contributed by atoms with E-state index in [1.807, 2.05) is 11.8 Å². The van der Waals surface area contributed by atoms with E-state index < -0.39 is 0 Å². The Morgan fingerprint density at radius 1 is 1.26 bits per heavy atom. The summed E-state index contributed by atoms with van der Waals surface area (Å²) in [6, 6.07) is 6.01. The predicted molar refractivity (Wildman–Crippen MR) is 116 cm³/mol. The van der Waals surface area contributed by atoms with Crippen molar-refractivity contribution in [2.45, 2.75) is 32.6 Å². The van der Waals surface area contributed by atoms with E-state index in [-0.39, 0.29) is 35.7 Å². The zero-order valence-corrected chi connectivity index (χ0v) is 18.2. The van der Waals surface area contributed by atoms with Crippen LogP contribution in [0.25, 0.3) is 0 Å². The lowest BCUT2D eigenvalue weighted by molar-refractivity contribution is -0.127. The Balaban J connectivity index is 0.00000364. The molecule has 0 bridgehead atoms. The summed E-state index contributed by atoms with van der Waals surface area (Å²) in [6.45, 7) is 6.46. The molecule has 1 fully saturated rings. The zero-order valence-electron chi connectivity index (χ0n) is 15.9. The van der Waals surface area contributed by atoms with E-state index in [0.717, 1.165) is 51.4 Å². The number of nitrogens with one attached hydrogen (secondary N) is 2. The van der Waals surface area contributed by atoms with Gasteiger partial charge >= 0.3 is 0 Å². The second-order valence-electron chi connectivity index (χ2n) is 6.18. The van der Waals surface area contributed by atoms with Crippen LogP contribution in [0, 0.1) is 5.82 Å². The van der Waals surface area contributed by atoms with Gasteiger partial charge in [0.1, 0.15) is 11.6 Å². The number of hydrogen-bond donors (Lipinski definition) is 2. The fourth-order valence-electron chi connectivity index (χ4n) is 2.74. The first-order chi connectivity index (χ1) is 12.7. The van der Waals surface area contributed by atoms with E-state index in [4.69, 9.17) is 4.74 Å². The molecule has 152 valence electrons. The van der Waals surface area contributed by atoms with Crippen LogP contribution in [0.4, 0.5) is 4.39 Å². The number of halogens is 2. The summed E-state index contributed by atoms with van der Waals surface area (Å²) in [5, 5.41) is 6.50. The average molecular weight is 492 g/mol. The molecule has 1 aliphatic heterocycles. The minimum Gasteiger partial charge on any atom is -0.494 e. The van der Waals surface area contributed by atoms with Crippen molar-refractivity contribution < 1.29 is 13.9 Å². The molecule has 1 saturated heterocycles. The van der Waals surface area contributed by atoms with Gasteiger partial charge in [0.2, 0.25) is 5.91 Å². The van der Waals surface area contributed by atoms with Crippen molar-refractivity contribution >= 4 is 35.8 Å². The van der Waals surface area contributed by atoms with Gasteiger partial charge in [-0.05, 0) is 44.0 Å². The molecule has 8 heteroatoms. The van der Waals surface area contributed by atoms with Gasteiger partial charge < -0.3 is 20.3 Å². The summed E-state index contributed by atoms with van der Waals surface area (Å²) in [5.41, 5.74) is 0.